The molecule has 1 heterocycles. The Morgan fingerprint density at radius 3 is 2.65 bits per heavy atom. The van der Waals surface area contributed by atoms with Gasteiger partial charge in [0.25, 0.3) is 0 Å². The third kappa shape index (κ3) is 3.97. The van der Waals surface area contributed by atoms with E-state index >= 15 is 0 Å². The molecule has 0 atom stereocenters. The topological polar surface area (TPSA) is 39.9 Å². The zero-order valence-corrected chi connectivity index (χ0v) is 13.9. The molecule has 1 aliphatic rings. The van der Waals surface area contributed by atoms with Crippen LogP contribution in [0, 0.1) is 11.3 Å². The quantitative estimate of drug-likeness (QED) is 0.810. The highest BCUT2D eigenvalue weighted by Gasteiger charge is 2.24. The van der Waals surface area contributed by atoms with Crippen LogP contribution in [0.4, 0.5) is 0 Å². The van der Waals surface area contributed by atoms with Crippen LogP contribution in [0.15, 0.2) is 36.5 Å². The van der Waals surface area contributed by atoms with Crippen LogP contribution in [0.2, 0.25) is 0 Å². The minimum atomic E-state index is 0.664. The second kappa shape index (κ2) is 6.93. The van der Waals surface area contributed by atoms with E-state index in [0.717, 1.165) is 36.1 Å². The molecule has 0 spiro atoms. The van der Waals surface area contributed by atoms with Gasteiger partial charge in [0, 0.05) is 28.9 Å². The second-order valence-electron chi connectivity index (χ2n) is 6.64. The van der Waals surface area contributed by atoms with Crippen LogP contribution < -0.4 is 0 Å². The number of rotatable bonds is 6. The van der Waals surface area contributed by atoms with Crippen LogP contribution in [-0.4, -0.2) is 30.5 Å². The van der Waals surface area contributed by atoms with Gasteiger partial charge < -0.3 is 4.90 Å². The number of nitriles is 1. The fourth-order valence-corrected chi connectivity index (χ4v) is 2.87. The first-order valence-corrected chi connectivity index (χ1v) is 8.31. The van der Waals surface area contributed by atoms with E-state index in [2.05, 4.69) is 54.3 Å². The van der Waals surface area contributed by atoms with Crippen molar-refractivity contribution in [2.75, 3.05) is 20.6 Å². The maximum absolute atomic E-state index is 9.40. The van der Waals surface area contributed by atoms with Crippen LogP contribution in [0.25, 0.3) is 11.1 Å². The van der Waals surface area contributed by atoms with E-state index in [-0.39, 0.29) is 0 Å². The number of nitrogens with zero attached hydrogens (tertiary/aromatic N) is 3. The van der Waals surface area contributed by atoms with E-state index in [0.29, 0.717) is 5.92 Å². The Balaban J connectivity index is 1.82. The normalized spacial score (nSPS) is 14.0. The smallest absolute Gasteiger partial charge is 0.0998 e. The SMILES string of the molecule is CN(C)CCCc1ccc(C#N)c(-c2ccc(C3CC3)nc2)c1. The maximum atomic E-state index is 9.40. The van der Waals surface area contributed by atoms with Gasteiger partial charge >= 0.3 is 0 Å². The third-order valence-electron chi connectivity index (χ3n) is 4.37. The fourth-order valence-electron chi connectivity index (χ4n) is 2.87. The predicted octanol–water partition coefficient (Wildman–Crippen LogP) is 3.99. The van der Waals surface area contributed by atoms with Gasteiger partial charge in [-0.3, -0.25) is 4.98 Å². The summed E-state index contributed by atoms with van der Waals surface area (Å²) in [5, 5.41) is 9.40. The largest absolute Gasteiger partial charge is 0.309 e. The molecule has 1 aromatic carbocycles. The van der Waals surface area contributed by atoms with Crippen LogP contribution >= 0.6 is 0 Å². The Morgan fingerprint density at radius 1 is 1.22 bits per heavy atom. The third-order valence-corrected chi connectivity index (χ3v) is 4.37. The van der Waals surface area contributed by atoms with Crippen LogP contribution in [0.1, 0.15) is 42.0 Å². The van der Waals surface area contributed by atoms with Gasteiger partial charge in [-0.2, -0.15) is 5.26 Å². The molecule has 0 bridgehead atoms. The van der Waals surface area contributed by atoms with Crippen molar-refractivity contribution in [2.45, 2.75) is 31.6 Å². The van der Waals surface area contributed by atoms with E-state index in [1.807, 2.05) is 12.3 Å². The molecule has 0 unspecified atom stereocenters. The molecule has 1 saturated carbocycles. The zero-order chi connectivity index (χ0) is 16.2. The lowest BCUT2D eigenvalue weighted by atomic mass is 9.97. The van der Waals surface area contributed by atoms with Gasteiger partial charge in [-0.15, -0.1) is 0 Å². The molecule has 1 fully saturated rings. The summed E-state index contributed by atoms with van der Waals surface area (Å²) in [7, 11) is 4.19. The summed E-state index contributed by atoms with van der Waals surface area (Å²) in [6, 6.07) is 12.7. The number of hydrogen-bond donors (Lipinski definition) is 0. The minimum Gasteiger partial charge on any atom is -0.309 e. The molecular weight excluding hydrogens is 282 g/mol. The molecule has 1 aromatic heterocycles. The van der Waals surface area contributed by atoms with Crippen LogP contribution in [0.3, 0.4) is 0 Å². The van der Waals surface area contributed by atoms with Gasteiger partial charge in [-0.05, 0) is 70.1 Å². The summed E-state index contributed by atoms with van der Waals surface area (Å²) >= 11 is 0. The first-order valence-electron chi connectivity index (χ1n) is 8.31. The first kappa shape index (κ1) is 15.7. The summed E-state index contributed by atoms with van der Waals surface area (Å²) in [5.74, 6) is 0.664. The van der Waals surface area contributed by atoms with Crippen molar-refractivity contribution in [2.24, 2.45) is 0 Å². The molecule has 23 heavy (non-hydrogen) atoms. The Bertz CT molecular complexity index is 707. The Morgan fingerprint density at radius 2 is 2.04 bits per heavy atom. The maximum Gasteiger partial charge on any atom is 0.0998 e. The molecular formula is C20H23N3. The highest BCUT2D eigenvalue weighted by Crippen LogP contribution is 2.39. The number of hydrogen-bond acceptors (Lipinski definition) is 3. The van der Waals surface area contributed by atoms with Gasteiger partial charge in [0.15, 0.2) is 0 Å². The van der Waals surface area contributed by atoms with Crippen LogP contribution in [-0.2, 0) is 6.42 Å². The Labute approximate surface area is 138 Å². The molecule has 2 aromatic rings. The average Bonchev–Trinajstić information content (AvgIpc) is 3.39. The van der Waals surface area contributed by atoms with Crippen molar-refractivity contribution < 1.29 is 0 Å². The van der Waals surface area contributed by atoms with Crippen molar-refractivity contribution in [1.82, 2.24) is 9.88 Å². The van der Waals surface area contributed by atoms with Crippen molar-refractivity contribution in [3.63, 3.8) is 0 Å². The number of aryl methyl sites for hydroxylation is 1. The Kier molecular flexibility index (Phi) is 4.73. The van der Waals surface area contributed by atoms with Gasteiger partial charge in [0.1, 0.15) is 0 Å². The highest BCUT2D eigenvalue weighted by molar-refractivity contribution is 5.70. The molecule has 0 N–H and O–H groups in total. The summed E-state index contributed by atoms with van der Waals surface area (Å²) in [6.45, 7) is 1.08. The van der Waals surface area contributed by atoms with Gasteiger partial charge in [0.05, 0.1) is 11.6 Å². The first-order chi connectivity index (χ1) is 11.2. The van der Waals surface area contributed by atoms with E-state index in [9.17, 15) is 5.26 Å². The molecule has 0 aliphatic heterocycles. The predicted molar refractivity (Wildman–Crippen MR) is 93.2 cm³/mol. The second-order valence-corrected chi connectivity index (χ2v) is 6.64. The zero-order valence-electron chi connectivity index (χ0n) is 13.9. The van der Waals surface area contributed by atoms with Crippen molar-refractivity contribution in [1.29, 1.82) is 5.26 Å². The molecule has 0 saturated heterocycles. The number of benzene rings is 1. The van der Waals surface area contributed by atoms with Gasteiger partial charge in [-0.1, -0.05) is 12.1 Å². The molecule has 3 heteroatoms. The lowest BCUT2D eigenvalue weighted by Crippen LogP contribution is -2.13. The molecule has 0 amide bonds. The lowest BCUT2D eigenvalue weighted by Gasteiger charge is -2.11. The average molecular weight is 305 g/mol. The molecule has 3 rings (SSSR count). The van der Waals surface area contributed by atoms with E-state index in [1.165, 1.54) is 24.1 Å². The Hall–Kier alpha value is -2.18. The number of aromatic nitrogens is 1. The molecule has 118 valence electrons. The van der Waals surface area contributed by atoms with E-state index < -0.39 is 0 Å². The van der Waals surface area contributed by atoms with Gasteiger partial charge in [-0.25, -0.2) is 0 Å². The molecule has 0 radical (unpaired) electrons. The number of pyridine rings is 1. The lowest BCUT2D eigenvalue weighted by molar-refractivity contribution is 0.400. The molecule has 1 aliphatic carbocycles. The summed E-state index contributed by atoms with van der Waals surface area (Å²) in [6.07, 6.45) is 6.60. The highest BCUT2D eigenvalue weighted by atomic mass is 15.0. The summed E-state index contributed by atoms with van der Waals surface area (Å²) < 4.78 is 0. The fraction of sp³-hybridized carbons (Fsp3) is 0.400. The van der Waals surface area contributed by atoms with Gasteiger partial charge in [0.2, 0.25) is 0 Å². The van der Waals surface area contributed by atoms with E-state index in [1.54, 1.807) is 0 Å². The summed E-state index contributed by atoms with van der Waals surface area (Å²) in [5.41, 5.74) is 5.24. The standard InChI is InChI=1S/C20H23N3/c1-23(2)11-3-4-15-5-6-17(13-21)19(12-15)18-9-10-20(22-14-18)16-7-8-16/h5-6,9-10,12,14,16H,3-4,7-8,11H2,1-2H3. The van der Waals surface area contributed by atoms with Crippen molar-refractivity contribution >= 4 is 0 Å². The van der Waals surface area contributed by atoms with E-state index in [4.69, 9.17) is 0 Å². The molecule has 3 nitrogen and oxygen atoms in total. The summed E-state index contributed by atoms with van der Waals surface area (Å²) in [4.78, 5) is 6.79. The van der Waals surface area contributed by atoms with Crippen LogP contribution in [0.5, 0.6) is 0 Å². The van der Waals surface area contributed by atoms with Crippen molar-refractivity contribution in [3.8, 4) is 17.2 Å². The van der Waals surface area contributed by atoms with Crippen molar-refractivity contribution in [3.05, 3.63) is 53.3 Å². The monoisotopic (exact) mass is 305 g/mol. The minimum absolute atomic E-state index is 0.664.